The molecule has 2 aromatic carbocycles. The molecule has 2 aromatic rings. The molecular weight excluding hydrogens is 277 g/mol. The molecule has 100 valence electrons. The Morgan fingerprint density at radius 1 is 1.05 bits per heavy atom. The molecule has 1 N–H and O–H groups in total. The Morgan fingerprint density at radius 2 is 1.84 bits per heavy atom. The zero-order valence-electron chi connectivity index (χ0n) is 11.1. The number of anilines is 1. The van der Waals surface area contributed by atoms with Crippen molar-refractivity contribution in [1.82, 2.24) is 0 Å². The van der Waals surface area contributed by atoms with Crippen LogP contribution in [0.3, 0.4) is 0 Å². The van der Waals surface area contributed by atoms with Gasteiger partial charge in [0.15, 0.2) is 0 Å². The van der Waals surface area contributed by atoms with Crippen LogP contribution >= 0.6 is 23.2 Å². The maximum atomic E-state index is 6.15. The van der Waals surface area contributed by atoms with Crippen LogP contribution in [0.4, 0.5) is 5.69 Å². The molecule has 0 heterocycles. The van der Waals surface area contributed by atoms with E-state index in [1.54, 1.807) is 6.07 Å². The highest BCUT2D eigenvalue weighted by atomic mass is 35.5. The van der Waals surface area contributed by atoms with Gasteiger partial charge in [-0.25, -0.2) is 0 Å². The lowest BCUT2D eigenvalue weighted by Gasteiger charge is -2.11. The van der Waals surface area contributed by atoms with Crippen LogP contribution in [0.1, 0.15) is 30.9 Å². The second-order valence-corrected chi connectivity index (χ2v) is 5.71. The van der Waals surface area contributed by atoms with Gasteiger partial charge in [-0.1, -0.05) is 55.2 Å². The maximum Gasteiger partial charge on any atom is 0.0470 e. The first-order valence-electron chi connectivity index (χ1n) is 6.34. The fourth-order valence-electron chi connectivity index (χ4n) is 1.87. The van der Waals surface area contributed by atoms with Gasteiger partial charge in [0, 0.05) is 22.3 Å². The van der Waals surface area contributed by atoms with Crippen LogP contribution in [0.5, 0.6) is 0 Å². The molecule has 0 aliphatic rings. The third kappa shape index (κ3) is 3.89. The second kappa shape index (κ2) is 6.31. The van der Waals surface area contributed by atoms with E-state index in [-0.39, 0.29) is 0 Å². The Morgan fingerprint density at radius 3 is 2.53 bits per heavy atom. The van der Waals surface area contributed by atoms with Crippen molar-refractivity contribution in [3.63, 3.8) is 0 Å². The molecule has 0 spiro atoms. The predicted octanol–water partition coefficient (Wildman–Crippen LogP) is 5.73. The van der Waals surface area contributed by atoms with E-state index < -0.39 is 0 Å². The average Bonchev–Trinajstić information content (AvgIpc) is 2.38. The Hall–Kier alpha value is -1.18. The van der Waals surface area contributed by atoms with Crippen molar-refractivity contribution in [2.24, 2.45) is 0 Å². The average molecular weight is 294 g/mol. The van der Waals surface area contributed by atoms with Crippen molar-refractivity contribution in [1.29, 1.82) is 0 Å². The first kappa shape index (κ1) is 14.2. The number of hydrogen-bond acceptors (Lipinski definition) is 1. The van der Waals surface area contributed by atoms with E-state index in [9.17, 15) is 0 Å². The van der Waals surface area contributed by atoms with Crippen LogP contribution in [-0.2, 0) is 6.54 Å². The van der Waals surface area contributed by atoms with Gasteiger partial charge in [0.1, 0.15) is 0 Å². The van der Waals surface area contributed by atoms with Crippen LogP contribution in [0.25, 0.3) is 0 Å². The molecule has 3 heteroatoms. The van der Waals surface area contributed by atoms with Gasteiger partial charge < -0.3 is 5.32 Å². The van der Waals surface area contributed by atoms with Crippen LogP contribution in [0.15, 0.2) is 42.5 Å². The van der Waals surface area contributed by atoms with Crippen molar-refractivity contribution >= 4 is 28.9 Å². The summed E-state index contributed by atoms with van der Waals surface area (Å²) in [5.41, 5.74) is 3.48. The molecule has 0 fully saturated rings. The molecule has 2 rings (SSSR count). The SMILES string of the molecule is CC(C)c1cccc(NCc2ccc(Cl)cc2Cl)c1. The van der Waals surface area contributed by atoms with E-state index in [2.05, 4.69) is 43.4 Å². The minimum atomic E-state index is 0.529. The molecule has 0 saturated carbocycles. The first-order valence-corrected chi connectivity index (χ1v) is 7.09. The van der Waals surface area contributed by atoms with Gasteiger partial charge in [0.2, 0.25) is 0 Å². The monoisotopic (exact) mass is 293 g/mol. The third-order valence-corrected chi connectivity index (χ3v) is 3.64. The van der Waals surface area contributed by atoms with Crippen molar-refractivity contribution < 1.29 is 0 Å². The van der Waals surface area contributed by atoms with Crippen molar-refractivity contribution in [2.75, 3.05) is 5.32 Å². The summed E-state index contributed by atoms with van der Waals surface area (Å²) in [7, 11) is 0. The highest BCUT2D eigenvalue weighted by Crippen LogP contribution is 2.23. The summed E-state index contributed by atoms with van der Waals surface area (Å²) in [5.74, 6) is 0.529. The summed E-state index contributed by atoms with van der Waals surface area (Å²) in [6.45, 7) is 5.07. The number of nitrogens with one attached hydrogen (secondary N) is 1. The van der Waals surface area contributed by atoms with Crippen LogP contribution < -0.4 is 5.32 Å². The standard InChI is InChI=1S/C16H17Cl2N/c1-11(2)12-4-3-5-15(8-12)19-10-13-6-7-14(17)9-16(13)18/h3-9,11,19H,10H2,1-2H3. The summed E-state index contributed by atoms with van der Waals surface area (Å²) < 4.78 is 0. The molecule has 0 atom stereocenters. The summed E-state index contributed by atoms with van der Waals surface area (Å²) in [6.07, 6.45) is 0. The zero-order chi connectivity index (χ0) is 13.8. The maximum absolute atomic E-state index is 6.15. The molecule has 0 amide bonds. The molecule has 0 saturated heterocycles. The molecule has 1 nitrogen and oxygen atoms in total. The van der Waals surface area contributed by atoms with E-state index in [4.69, 9.17) is 23.2 Å². The Labute approximate surface area is 124 Å². The van der Waals surface area contributed by atoms with Crippen molar-refractivity contribution in [2.45, 2.75) is 26.3 Å². The van der Waals surface area contributed by atoms with E-state index in [0.29, 0.717) is 22.5 Å². The van der Waals surface area contributed by atoms with Crippen LogP contribution in [0.2, 0.25) is 10.0 Å². The largest absolute Gasteiger partial charge is 0.381 e. The fourth-order valence-corrected chi connectivity index (χ4v) is 2.35. The van der Waals surface area contributed by atoms with Crippen LogP contribution in [0, 0.1) is 0 Å². The van der Waals surface area contributed by atoms with Crippen molar-refractivity contribution in [3.8, 4) is 0 Å². The first-order chi connectivity index (χ1) is 9.06. The molecule has 0 aliphatic carbocycles. The second-order valence-electron chi connectivity index (χ2n) is 4.87. The highest BCUT2D eigenvalue weighted by molar-refractivity contribution is 6.35. The summed E-state index contributed by atoms with van der Waals surface area (Å²) in [5, 5.41) is 4.75. The normalized spacial score (nSPS) is 10.8. The fraction of sp³-hybridized carbons (Fsp3) is 0.250. The number of halogens is 2. The smallest absolute Gasteiger partial charge is 0.0470 e. The third-order valence-electron chi connectivity index (χ3n) is 3.05. The Kier molecular flexibility index (Phi) is 4.73. The molecule has 0 aromatic heterocycles. The van der Waals surface area contributed by atoms with Gasteiger partial charge >= 0.3 is 0 Å². The van der Waals surface area contributed by atoms with Gasteiger partial charge in [-0.15, -0.1) is 0 Å². The van der Waals surface area contributed by atoms with Gasteiger partial charge in [-0.05, 0) is 41.3 Å². The lowest BCUT2D eigenvalue weighted by Crippen LogP contribution is -2.00. The summed E-state index contributed by atoms with van der Waals surface area (Å²) >= 11 is 12.0. The number of hydrogen-bond donors (Lipinski definition) is 1. The lowest BCUT2D eigenvalue weighted by atomic mass is 10.0. The molecule has 0 unspecified atom stereocenters. The molecule has 0 bridgehead atoms. The topological polar surface area (TPSA) is 12.0 Å². The molecule has 19 heavy (non-hydrogen) atoms. The number of rotatable bonds is 4. The number of benzene rings is 2. The van der Waals surface area contributed by atoms with Gasteiger partial charge in [0.25, 0.3) is 0 Å². The minimum absolute atomic E-state index is 0.529. The zero-order valence-corrected chi connectivity index (χ0v) is 12.6. The highest BCUT2D eigenvalue weighted by Gasteiger charge is 2.03. The van der Waals surface area contributed by atoms with Gasteiger partial charge in [-0.3, -0.25) is 0 Å². The molecular formula is C16H17Cl2N. The van der Waals surface area contributed by atoms with Crippen LogP contribution in [-0.4, -0.2) is 0 Å². The van der Waals surface area contributed by atoms with Crippen molar-refractivity contribution in [3.05, 3.63) is 63.6 Å². The van der Waals surface area contributed by atoms with E-state index in [1.807, 2.05) is 12.1 Å². The van der Waals surface area contributed by atoms with E-state index in [1.165, 1.54) is 5.56 Å². The lowest BCUT2D eigenvalue weighted by molar-refractivity contribution is 0.866. The molecule has 0 aliphatic heterocycles. The van der Waals surface area contributed by atoms with E-state index >= 15 is 0 Å². The van der Waals surface area contributed by atoms with Gasteiger partial charge in [0.05, 0.1) is 0 Å². The minimum Gasteiger partial charge on any atom is -0.381 e. The Bertz CT molecular complexity index is 564. The summed E-state index contributed by atoms with van der Waals surface area (Å²) in [4.78, 5) is 0. The quantitative estimate of drug-likeness (QED) is 0.759. The van der Waals surface area contributed by atoms with Gasteiger partial charge in [-0.2, -0.15) is 0 Å². The predicted molar refractivity (Wildman–Crippen MR) is 84.3 cm³/mol. The Balaban J connectivity index is 2.08. The summed E-state index contributed by atoms with van der Waals surface area (Å²) in [6, 6.07) is 14.0. The molecule has 0 radical (unpaired) electrons. The van der Waals surface area contributed by atoms with E-state index in [0.717, 1.165) is 11.3 Å².